The molecule has 3 aromatic carbocycles. The van der Waals surface area contributed by atoms with Crippen molar-refractivity contribution in [1.29, 1.82) is 0 Å². The van der Waals surface area contributed by atoms with Gasteiger partial charge in [0.15, 0.2) is 6.10 Å². The highest BCUT2D eigenvalue weighted by Gasteiger charge is 2.55. The number of amides is 3. The van der Waals surface area contributed by atoms with Gasteiger partial charge in [-0.15, -0.1) is 11.8 Å². The number of fused-ring (bicyclic) bond motifs is 1. The first-order valence-electron chi connectivity index (χ1n) is 18.1. The van der Waals surface area contributed by atoms with Crippen LogP contribution < -0.4 is 15.4 Å². The van der Waals surface area contributed by atoms with Crippen molar-refractivity contribution in [2.75, 3.05) is 12.3 Å². The molecule has 2 fully saturated rings. The Hall–Kier alpha value is -5.56. The highest BCUT2D eigenvalue weighted by molar-refractivity contribution is 8.00. The number of rotatable bonds is 9. The summed E-state index contributed by atoms with van der Waals surface area (Å²) in [6.45, 7) is 10.8. The molecule has 2 saturated heterocycles. The molecular weight excluding hydrogens is 723 g/mol. The van der Waals surface area contributed by atoms with E-state index in [0.717, 1.165) is 11.1 Å². The number of nitrogens with zero attached hydrogens (tertiary/aromatic N) is 1. The Morgan fingerprint density at radius 2 is 1.51 bits per heavy atom. The van der Waals surface area contributed by atoms with Crippen LogP contribution in [0.1, 0.15) is 70.8 Å². The lowest BCUT2D eigenvalue weighted by molar-refractivity contribution is -0.153. The molecule has 0 bridgehead atoms. The molecule has 0 unspecified atom stereocenters. The van der Waals surface area contributed by atoms with Gasteiger partial charge in [-0.05, 0) is 94.4 Å². The number of hydrogen-bond acceptors (Lipinski definition) is 10. The molecule has 2 N–H and O–H groups in total. The molecule has 2 atom stereocenters. The molecule has 6 rings (SSSR count). The van der Waals surface area contributed by atoms with Crippen molar-refractivity contribution in [3.8, 4) is 5.75 Å². The molecule has 3 heterocycles. The number of thioether (sulfide) groups is 1. The Labute approximate surface area is 324 Å². The van der Waals surface area contributed by atoms with E-state index in [9.17, 15) is 24.0 Å². The van der Waals surface area contributed by atoms with Crippen molar-refractivity contribution in [2.45, 2.75) is 83.1 Å². The molecule has 3 aliphatic heterocycles. The topological polar surface area (TPSA) is 150 Å². The lowest BCUT2D eigenvalue weighted by Gasteiger charge is -2.50. The molecule has 13 heteroatoms. The van der Waals surface area contributed by atoms with Gasteiger partial charge in [0, 0.05) is 17.9 Å². The van der Waals surface area contributed by atoms with Crippen LogP contribution in [-0.2, 0) is 35.0 Å². The van der Waals surface area contributed by atoms with E-state index in [0.29, 0.717) is 35.2 Å². The third-order valence-electron chi connectivity index (χ3n) is 8.80. The number of allylic oxidation sites excluding steroid dienone is 1. The van der Waals surface area contributed by atoms with Crippen LogP contribution in [-0.4, -0.2) is 69.8 Å². The molecule has 0 spiro atoms. The fraction of sp³-hybridized carbons (Fsp3) is 0.357. The van der Waals surface area contributed by atoms with Gasteiger partial charge in [-0.1, -0.05) is 72.8 Å². The fourth-order valence-corrected chi connectivity index (χ4v) is 7.90. The normalized spacial score (nSPS) is 19.2. The molecule has 288 valence electrons. The third-order valence-corrected chi connectivity index (χ3v) is 10.1. The Bertz CT molecular complexity index is 1990. The molecule has 0 radical (unpaired) electrons. The van der Waals surface area contributed by atoms with E-state index in [1.807, 2.05) is 66.7 Å². The van der Waals surface area contributed by atoms with Crippen molar-refractivity contribution in [1.82, 2.24) is 15.5 Å². The van der Waals surface area contributed by atoms with Crippen molar-refractivity contribution < 1.29 is 42.9 Å². The molecule has 3 aromatic rings. The van der Waals surface area contributed by atoms with Gasteiger partial charge in [-0.3, -0.25) is 14.5 Å². The van der Waals surface area contributed by atoms with Gasteiger partial charge < -0.3 is 29.6 Å². The zero-order chi connectivity index (χ0) is 39.5. The van der Waals surface area contributed by atoms with Crippen LogP contribution in [0.25, 0.3) is 0 Å². The Balaban J connectivity index is 1.42. The second-order valence-corrected chi connectivity index (χ2v) is 16.4. The van der Waals surface area contributed by atoms with Crippen molar-refractivity contribution in [3.05, 3.63) is 124 Å². The lowest BCUT2D eigenvalue weighted by atomic mass is 9.90. The van der Waals surface area contributed by atoms with Crippen LogP contribution in [0.5, 0.6) is 5.75 Å². The largest absolute Gasteiger partial charge is 0.514 e. The van der Waals surface area contributed by atoms with Gasteiger partial charge in [0.25, 0.3) is 5.91 Å². The molecule has 55 heavy (non-hydrogen) atoms. The maximum atomic E-state index is 14.8. The van der Waals surface area contributed by atoms with E-state index >= 15 is 0 Å². The lowest BCUT2D eigenvalue weighted by Crippen LogP contribution is -2.70. The zero-order valence-corrected chi connectivity index (χ0v) is 32.5. The second kappa shape index (κ2) is 16.0. The smallest absolute Gasteiger partial charge is 0.448 e. The Morgan fingerprint density at radius 3 is 2.09 bits per heavy atom. The summed E-state index contributed by atoms with van der Waals surface area (Å²) < 4.78 is 22.6. The van der Waals surface area contributed by atoms with Crippen molar-refractivity contribution in [2.24, 2.45) is 0 Å². The first-order valence-corrected chi connectivity index (χ1v) is 19.1. The average molecular weight is 768 g/mol. The fourth-order valence-electron chi connectivity index (χ4n) is 6.52. The summed E-state index contributed by atoms with van der Waals surface area (Å²) in [5.41, 5.74) is 2.05. The molecule has 0 aliphatic carbocycles. The molecule has 12 nitrogen and oxygen atoms in total. The third kappa shape index (κ3) is 9.40. The number of nitrogens with one attached hydrogen (secondary N) is 2. The van der Waals surface area contributed by atoms with Crippen LogP contribution in [0.2, 0.25) is 0 Å². The number of hydrogen-bond donors (Lipinski definition) is 2. The average Bonchev–Trinajstić information content (AvgIpc) is 3.55. The van der Waals surface area contributed by atoms with Gasteiger partial charge in [0.1, 0.15) is 34.1 Å². The van der Waals surface area contributed by atoms with Crippen LogP contribution in [0, 0.1) is 0 Å². The van der Waals surface area contributed by atoms with Crippen LogP contribution in [0.15, 0.2) is 107 Å². The zero-order valence-electron chi connectivity index (χ0n) is 31.7. The number of β-lactam (4-membered cyclic amide) rings is 1. The number of esters is 1. The van der Waals surface area contributed by atoms with E-state index in [4.69, 9.17) is 18.9 Å². The molecular formula is C42H45N3O9S. The highest BCUT2D eigenvalue weighted by atomic mass is 32.2. The van der Waals surface area contributed by atoms with Gasteiger partial charge in [-0.25, -0.2) is 14.4 Å². The Morgan fingerprint density at radius 1 is 0.873 bits per heavy atom. The molecule has 0 aromatic heterocycles. The predicted molar refractivity (Wildman–Crippen MR) is 206 cm³/mol. The predicted octanol–water partition coefficient (Wildman–Crippen LogP) is 6.75. The summed E-state index contributed by atoms with van der Waals surface area (Å²) in [6, 6.07) is 24.5. The van der Waals surface area contributed by atoms with Crippen molar-refractivity contribution in [3.63, 3.8) is 0 Å². The SMILES string of the molecule is CC(C)(C)OC(=O)N[C@@H]1C(=O)N2C(C(=O)OC(c3ccccc3)c3ccccc3)=C(C(Cc3cccc(OC(=O)OC(C)(C)C)c3)=C3CCNC3=O)CS[C@H]12. The van der Waals surface area contributed by atoms with Gasteiger partial charge in [-0.2, -0.15) is 0 Å². The van der Waals surface area contributed by atoms with Crippen LogP contribution in [0.3, 0.4) is 0 Å². The summed E-state index contributed by atoms with van der Waals surface area (Å²) >= 11 is 1.36. The van der Waals surface area contributed by atoms with Gasteiger partial charge >= 0.3 is 18.2 Å². The summed E-state index contributed by atoms with van der Waals surface area (Å²) in [4.78, 5) is 68.9. The minimum Gasteiger partial charge on any atom is -0.448 e. The maximum absolute atomic E-state index is 14.8. The van der Waals surface area contributed by atoms with Gasteiger partial charge in [0.2, 0.25) is 5.91 Å². The maximum Gasteiger partial charge on any atom is 0.514 e. The first-order chi connectivity index (χ1) is 26.1. The summed E-state index contributed by atoms with van der Waals surface area (Å²) in [5, 5.41) is 4.91. The number of carbonyl (C=O) groups excluding carboxylic acids is 5. The van der Waals surface area contributed by atoms with E-state index < -0.39 is 52.8 Å². The Kier molecular flexibility index (Phi) is 11.4. The van der Waals surface area contributed by atoms with Crippen LogP contribution >= 0.6 is 11.8 Å². The van der Waals surface area contributed by atoms with Crippen LogP contribution in [0.4, 0.5) is 9.59 Å². The summed E-state index contributed by atoms with van der Waals surface area (Å²) in [5.74, 6) is -1.11. The quantitative estimate of drug-likeness (QED) is 0.0787. The minimum absolute atomic E-state index is 0.00351. The molecule has 0 saturated carbocycles. The van der Waals surface area contributed by atoms with E-state index in [-0.39, 0.29) is 29.5 Å². The van der Waals surface area contributed by atoms with E-state index in [1.165, 1.54) is 16.7 Å². The van der Waals surface area contributed by atoms with E-state index in [1.54, 1.807) is 59.7 Å². The number of benzene rings is 3. The van der Waals surface area contributed by atoms with Crippen molar-refractivity contribution >= 4 is 41.8 Å². The first kappa shape index (κ1) is 39.1. The number of alkyl carbamates (subject to hydrolysis) is 1. The standard InChI is InChI=1S/C42H45N3O9S/c1-41(2,3)53-39(49)44-32-36(47)45-33(38(48)52-34(26-15-9-7-10-16-26)27-17-11-8-12-18-27)31(24-55-37(32)45)30(29-20-21-43-35(29)46)23-25-14-13-19-28(22-25)51-40(50)54-42(4,5)6/h7-19,22,32,34,37H,20-21,23-24H2,1-6H3,(H,43,46)(H,44,49)/t32-,37-/m1/s1. The molecule has 3 aliphatic rings. The number of carbonyl (C=O) groups is 5. The molecule has 3 amide bonds. The number of ether oxygens (including phenoxy) is 4. The second-order valence-electron chi connectivity index (χ2n) is 15.3. The minimum atomic E-state index is -0.962. The highest BCUT2D eigenvalue weighted by Crippen LogP contribution is 2.45. The van der Waals surface area contributed by atoms with Gasteiger partial charge in [0.05, 0.1) is 0 Å². The summed E-state index contributed by atoms with van der Waals surface area (Å²) in [7, 11) is 0. The summed E-state index contributed by atoms with van der Waals surface area (Å²) in [6.07, 6.45) is -1.89. The van der Waals surface area contributed by atoms with E-state index in [2.05, 4.69) is 10.6 Å². The monoisotopic (exact) mass is 767 g/mol.